The number of amides is 2. The highest BCUT2D eigenvalue weighted by Gasteiger charge is 2.10. The quantitative estimate of drug-likeness (QED) is 0.728. The van der Waals surface area contributed by atoms with Crippen LogP contribution in [-0.4, -0.2) is 30.4 Å². The Morgan fingerprint density at radius 3 is 2.71 bits per heavy atom. The van der Waals surface area contributed by atoms with Crippen molar-refractivity contribution in [2.75, 3.05) is 18.9 Å². The maximum Gasteiger partial charge on any atom is 0.254 e. The molecule has 0 saturated carbocycles. The van der Waals surface area contributed by atoms with Crippen LogP contribution in [0.15, 0.2) is 42.6 Å². The fourth-order valence-corrected chi connectivity index (χ4v) is 2.21. The van der Waals surface area contributed by atoms with Gasteiger partial charge in [0.1, 0.15) is 5.82 Å². The molecule has 3 N–H and O–H groups in total. The maximum absolute atomic E-state index is 12.0. The summed E-state index contributed by atoms with van der Waals surface area (Å²) in [5.41, 5.74) is 2.04. The molecule has 2 rings (SSSR count). The van der Waals surface area contributed by atoms with Crippen molar-refractivity contribution in [3.63, 3.8) is 0 Å². The van der Waals surface area contributed by atoms with E-state index in [0.29, 0.717) is 30.0 Å². The van der Waals surface area contributed by atoms with Crippen molar-refractivity contribution in [2.45, 2.75) is 19.9 Å². The second-order valence-corrected chi connectivity index (χ2v) is 5.29. The molecule has 2 amide bonds. The van der Waals surface area contributed by atoms with E-state index < -0.39 is 0 Å². The summed E-state index contributed by atoms with van der Waals surface area (Å²) < 4.78 is 0. The van der Waals surface area contributed by atoms with Crippen LogP contribution in [0.2, 0.25) is 0 Å². The molecule has 0 aliphatic rings. The molecule has 1 aromatic heterocycles. The number of nitrogens with one attached hydrogen (secondary N) is 3. The lowest BCUT2D eigenvalue weighted by Gasteiger charge is -2.11. The van der Waals surface area contributed by atoms with Crippen molar-refractivity contribution in [1.82, 2.24) is 15.6 Å². The molecule has 0 aliphatic carbocycles. The Morgan fingerprint density at radius 1 is 1.12 bits per heavy atom. The molecular weight excluding hydrogens is 304 g/mol. The van der Waals surface area contributed by atoms with E-state index in [2.05, 4.69) is 20.9 Å². The molecule has 0 saturated heterocycles. The van der Waals surface area contributed by atoms with Crippen molar-refractivity contribution in [2.24, 2.45) is 0 Å². The van der Waals surface area contributed by atoms with E-state index in [1.165, 1.54) is 0 Å². The lowest BCUT2D eigenvalue weighted by molar-refractivity contribution is 0.0949. The van der Waals surface area contributed by atoms with Crippen LogP contribution >= 0.6 is 0 Å². The first-order chi connectivity index (χ1) is 11.7. The number of benzene rings is 1. The summed E-state index contributed by atoms with van der Waals surface area (Å²) in [5.74, 6) is 0.235. The molecule has 0 spiro atoms. The zero-order chi connectivity index (χ0) is 17.4. The third-order valence-electron chi connectivity index (χ3n) is 3.46. The Kier molecular flexibility index (Phi) is 6.31. The van der Waals surface area contributed by atoms with Crippen LogP contribution < -0.4 is 16.0 Å². The molecule has 24 heavy (non-hydrogen) atoms. The molecule has 2 aromatic rings. The number of pyridine rings is 1. The van der Waals surface area contributed by atoms with Gasteiger partial charge in [-0.2, -0.15) is 0 Å². The predicted octanol–water partition coefficient (Wildman–Crippen LogP) is 2.19. The zero-order valence-corrected chi connectivity index (χ0v) is 13.9. The zero-order valence-electron chi connectivity index (χ0n) is 13.9. The Hall–Kier alpha value is -2.89. The first-order valence-electron chi connectivity index (χ1n) is 7.93. The molecule has 6 heteroatoms. The molecule has 0 fully saturated rings. The van der Waals surface area contributed by atoms with E-state index in [9.17, 15) is 9.59 Å². The van der Waals surface area contributed by atoms with Crippen LogP contribution in [0.25, 0.3) is 0 Å². The standard InChI is InChI=1S/C18H22N4O2/c1-3-9-21-17(23)14-7-4-6-13(11-14)12-22-16-15(18(24)19-2)8-5-10-20-16/h4-8,10-11H,3,9,12H2,1-2H3,(H,19,24)(H,20,22)(H,21,23). The number of hydrogen-bond donors (Lipinski definition) is 3. The highest BCUT2D eigenvalue weighted by atomic mass is 16.2. The number of hydrogen-bond acceptors (Lipinski definition) is 4. The number of rotatable bonds is 7. The molecule has 0 unspecified atom stereocenters. The van der Waals surface area contributed by atoms with Crippen LogP contribution in [0.3, 0.4) is 0 Å². The van der Waals surface area contributed by atoms with Gasteiger partial charge in [0.05, 0.1) is 5.56 Å². The lowest BCUT2D eigenvalue weighted by atomic mass is 10.1. The Labute approximate surface area is 141 Å². The van der Waals surface area contributed by atoms with E-state index in [0.717, 1.165) is 12.0 Å². The van der Waals surface area contributed by atoms with E-state index in [1.807, 2.05) is 25.1 Å². The molecule has 0 atom stereocenters. The van der Waals surface area contributed by atoms with Crippen LogP contribution in [0, 0.1) is 0 Å². The molecule has 0 bridgehead atoms. The molecule has 6 nitrogen and oxygen atoms in total. The van der Waals surface area contributed by atoms with Gasteiger partial charge in [-0.15, -0.1) is 0 Å². The topological polar surface area (TPSA) is 83.1 Å². The minimum atomic E-state index is -0.196. The number of anilines is 1. The van der Waals surface area contributed by atoms with Crippen LogP contribution in [0.5, 0.6) is 0 Å². The van der Waals surface area contributed by atoms with Gasteiger partial charge in [0.15, 0.2) is 0 Å². The first kappa shape index (κ1) is 17.5. The number of carbonyl (C=O) groups excluding carboxylic acids is 2. The van der Waals surface area contributed by atoms with Crippen molar-refractivity contribution in [1.29, 1.82) is 0 Å². The largest absolute Gasteiger partial charge is 0.365 e. The van der Waals surface area contributed by atoms with Crippen LogP contribution in [0.1, 0.15) is 39.6 Å². The van der Waals surface area contributed by atoms with Gasteiger partial charge in [-0.25, -0.2) is 4.98 Å². The molecule has 1 heterocycles. The van der Waals surface area contributed by atoms with E-state index in [1.54, 1.807) is 31.4 Å². The van der Waals surface area contributed by atoms with Crippen LogP contribution in [-0.2, 0) is 6.54 Å². The molecule has 0 radical (unpaired) electrons. The average molecular weight is 326 g/mol. The molecule has 126 valence electrons. The fourth-order valence-electron chi connectivity index (χ4n) is 2.21. The second-order valence-electron chi connectivity index (χ2n) is 5.29. The average Bonchev–Trinajstić information content (AvgIpc) is 2.64. The van der Waals surface area contributed by atoms with Crippen molar-refractivity contribution >= 4 is 17.6 Å². The van der Waals surface area contributed by atoms with Crippen molar-refractivity contribution in [3.05, 3.63) is 59.3 Å². The van der Waals surface area contributed by atoms with E-state index in [4.69, 9.17) is 0 Å². The predicted molar refractivity (Wildman–Crippen MR) is 94.0 cm³/mol. The monoisotopic (exact) mass is 326 g/mol. The Morgan fingerprint density at radius 2 is 1.96 bits per heavy atom. The maximum atomic E-state index is 12.0. The number of aromatic nitrogens is 1. The highest BCUT2D eigenvalue weighted by molar-refractivity contribution is 5.98. The minimum Gasteiger partial charge on any atom is -0.365 e. The number of nitrogens with zero attached hydrogens (tertiary/aromatic N) is 1. The fraction of sp³-hybridized carbons (Fsp3) is 0.278. The van der Waals surface area contributed by atoms with Crippen molar-refractivity contribution < 1.29 is 9.59 Å². The first-order valence-corrected chi connectivity index (χ1v) is 7.93. The van der Waals surface area contributed by atoms with E-state index >= 15 is 0 Å². The summed E-state index contributed by atoms with van der Waals surface area (Å²) in [6, 6.07) is 10.8. The summed E-state index contributed by atoms with van der Waals surface area (Å²) in [7, 11) is 1.58. The van der Waals surface area contributed by atoms with Gasteiger partial charge in [-0.1, -0.05) is 19.1 Å². The van der Waals surface area contributed by atoms with Gasteiger partial charge in [0.25, 0.3) is 11.8 Å². The Balaban J connectivity index is 2.08. The third kappa shape index (κ3) is 4.55. The van der Waals surface area contributed by atoms with Gasteiger partial charge in [0, 0.05) is 31.9 Å². The van der Waals surface area contributed by atoms with Gasteiger partial charge in [-0.05, 0) is 36.2 Å². The lowest BCUT2D eigenvalue weighted by Crippen LogP contribution is -2.24. The van der Waals surface area contributed by atoms with Gasteiger partial charge < -0.3 is 16.0 Å². The van der Waals surface area contributed by atoms with Gasteiger partial charge in [0.2, 0.25) is 0 Å². The summed E-state index contributed by atoms with van der Waals surface area (Å²) in [6.07, 6.45) is 2.53. The third-order valence-corrected chi connectivity index (χ3v) is 3.46. The normalized spacial score (nSPS) is 10.1. The number of carbonyl (C=O) groups is 2. The SMILES string of the molecule is CCCNC(=O)c1cccc(CNc2ncccc2C(=O)NC)c1. The summed E-state index contributed by atoms with van der Waals surface area (Å²) in [6.45, 7) is 3.14. The molecule has 0 aliphatic heterocycles. The second kappa shape index (κ2) is 8.67. The summed E-state index contributed by atoms with van der Waals surface area (Å²) in [5, 5.41) is 8.60. The molecular formula is C18H22N4O2. The Bertz CT molecular complexity index is 716. The molecule has 1 aromatic carbocycles. The van der Waals surface area contributed by atoms with Crippen LogP contribution in [0.4, 0.5) is 5.82 Å². The summed E-state index contributed by atoms with van der Waals surface area (Å²) >= 11 is 0. The van der Waals surface area contributed by atoms with Gasteiger partial charge >= 0.3 is 0 Å². The smallest absolute Gasteiger partial charge is 0.254 e. The van der Waals surface area contributed by atoms with Gasteiger partial charge in [-0.3, -0.25) is 9.59 Å². The summed E-state index contributed by atoms with van der Waals surface area (Å²) in [4.78, 5) is 28.1. The van der Waals surface area contributed by atoms with E-state index in [-0.39, 0.29) is 11.8 Å². The minimum absolute atomic E-state index is 0.0809. The van der Waals surface area contributed by atoms with Crippen molar-refractivity contribution in [3.8, 4) is 0 Å². The highest BCUT2D eigenvalue weighted by Crippen LogP contribution is 2.13.